The first-order chi connectivity index (χ1) is 11.7. The van der Waals surface area contributed by atoms with Crippen molar-refractivity contribution in [3.8, 4) is 11.5 Å². The summed E-state index contributed by atoms with van der Waals surface area (Å²) < 4.78 is 21.2. The highest BCUT2D eigenvalue weighted by atomic mass is 16.7. The van der Waals surface area contributed by atoms with Gasteiger partial charge in [-0.15, -0.1) is 0 Å². The molecule has 1 N–H and O–H groups in total. The minimum atomic E-state index is -0.847. The van der Waals surface area contributed by atoms with Gasteiger partial charge in [0.25, 0.3) is 0 Å². The molecule has 2 fully saturated rings. The van der Waals surface area contributed by atoms with Gasteiger partial charge in [0, 0.05) is 12.0 Å². The Hall–Kier alpha value is -2.28. The lowest BCUT2D eigenvalue weighted by Gasteiger charge is -2.30. The SMILES string of the molecule is CCOC(=O)C(=O)N[C@H]1C[C@@H]2O[C@H]2C[C@@H]1c1ccc2c(c1)OCO2. The van der Waals surface area contributed by atoms with Gasteiger partial charge in [-0.25, -0.2) is 4.79 Å². The normalized spacial score (nSPS) is 29.5. The van der Waals surface area contributed by atoms with E-state index in [4.69, 9.17) is 18.9 Å². The van der Waals surface area contributed by atoms with Gasteiger partial charge in [0.15, 0.2) is 11.5 Å². The van der Waals surface area contributed by atoms with Crippen LogP contribution in [-0.4, -0.2) is 43.5 Å². The topological polar surface area (TPSA) is 86.4 Å². The smallest absolute Gasteiger partial charge is 0.396 e. The van der Waals surface area contributed by atoms with Crippen LogP contribution in [0.3, 0.4) is 0 Å². The summed E-state index contributed by atoms with van der Waals surface area (Å²) in [6.07, 6.45) is 1.89. The fourth-order valence-electron chi connectivity index (χ4n) is 3.52. The minimum absolute atomic E-state index is 0.0571. The summed E-state index contributed by atoms with van der Waals surface area (Å²) in [6.45, 7) is 2.07. The molecular weight excluding hydrogens is 314 g/mol. The minimum Gasteiger partial charge on any atom is -0.459 e. The quantitative estimate of drug-likeness (QED) is 0.507. The van der Waals surface area contributed by atoms with Gasteiger partial charge >= 0.3 is 11.9 Å². The zero-order chi connectivity index (χ0) is 16.7. The van der Waals surface area contributed by atoms with Crippen LogP contribution in [0.25, 0.3) is 0 Å². The highest BCUT2D eigenvalue weighted by Gasteiger charge is 2.49. The van der Waals surface area contributed by atoms with Crippen molar-refractivity contribution in [1.82, 2.24) is 5.32 Å². The van der Waals surface area contributed by atoms with E-state index in [2.05, 4.69) is 5.32 Å². The predicted molar refractivity (Wildman–Crippen MR) is 81.8 cm³/mol. The Morgan fingerprint density at radius 3 is 2.83 bits per heavy atom. The second-order valence-corrected chi connectivity index (χ2v) is 6.20. The van der Waals surface area contributed by atoms with Crippen molar-refractivity contribution in [2.75, 3.05) is 13.4 Å². The Kier molecular flexibility index (Phi) is 3.80. The molecule has 1 saturated heterocycles. The average Bonchev–Trinajstić information content (AvgIpc) is 3.17. The Morgan fingerprint density at radius 2 is 2.00 bits per heavy atom. The van der Waals surface area contributed by atoms with Gasteiger partial charge in [-0.1, -0.05) is 6.07 Å². The van der Waals surface area contributed by atoms with Gasteiger partial charge in [-0.3, -0.25) is 4.79 Å². The third-order valence-corrected chi connectivity index (χ3v) is 4.75. The number of ether oxygens (including phenoxy) is 4. The lowest BCUT2D eigenvalue weighted by molar-refractivity contribution is -0.155. The van der Waals surface area contributed by atoms with Gasteiger partial charge < -0.3 is 24.3 Å². The monoisotopic (exact) mass is 333 g/mol. The third kappa shape index (κ3) is 2.80. The third-order valence-electron chi connectivity index (χ3n) is 4.75. The maximum atomic E-state index is 12.0. The number of nitrogens with one attached hydrogen (secondary N) is 1. The molecule has 0 spiro atoms. The summed E-state index contributed by atoms with van der Waals surface area (Å²) in [5.41, 5.74) is 1.04. The van der Waals surface area contributed by atoms with Crippen LogP contribution < -0.4 is 14.8 Å². The molecule has 1 aromatic carbocycles. The van der Waals surface area contributed by atoms with Gasteiger partial charge in [-0.2, -0.15) is 0 Å². The predicted octanol–water partition coefficient (Wildman–Crippen LogP) is 1.11. The highest BCUT2D eigenvalue weighted by Crippen LogP contribution is 2.45. The summed E-state index contributed by atoms with van der Waals surface area (Å²) in [5.74, 6) is -0.0573. The molecule has 4 rings (SSSR count). The zero-order valence-electron chi connectivity index (χ0n) is 13.3. The Labute approximate surface area is 139 Å². The number of fused-ring (bicyclic) bond motifs is 2. The lowest BCUT2D eigenvalue weighted by atomic mass is 9.80. The Bertz CT molecular complexity index is 675. The van der Waals surface area contributed by atoms with Crippen LogP contribution in [0.5, 0.6) is 11.5 Å². The summed E-state index contributed by atoms with van der Waals surface area (Å²) in [7, 11) is 0. The fraction of sp³-hybridized carbons (Fsp3) is 0.529. The first-order valence-electron chi connectivity index (χ1n) is 8.18. The van der Waals surface area contributed by atoms with Crippen molar-refractivity contribution in [1.29, 1.82) is 0 Å². The number of carbonyl (C=O) groups excluding carboxylic acids is 2. The van der Waals surface area contributed by atoms with E-state index in [1.807, 2.05) is 18.2 Å². The zero-order valence-corrected chi connectivity index (χ0v) is 13.3. The molecule has 2 heterocycles. The molecule has 1 aromatic rings. The van der Waals surface area contributed by atoms with E-state index in [-0.39, 0.29) is 37.6 Å². The number of esters is 1. The van der Waals surface area contributed by atoms with Gasteiger partial charge in [0.2, 0.25) is 6.79 Å². The number of amides is 1. The molecule has 0 unspecified atom stereocenters. The maximum absolute atomic E-state index is 12.0. The molecule has 128 valence electrons. The first-order valence-corrected chi connectivity index (χ1v) is 8.18. The van der Waals surface area contributed by atoms with E-state index in [9.17, 15) is 9.59 Å². The van der Waals surface area contributed by atoms with Crippen LogP contribution in [-0.2, 0) is 19.1 Å². The number of benzene rings is 1. The van der Waals surface area contributed by atoms with E-state index >= 15 is 0 Å². The van der Waals surface area contributed by atoms with Crippen molar-refractivity contribution in [3.63, 3.8) is 0 Å². The lowest BCUT2D eigenvalue weighted by Crippen LogP contribution is -2.46. The second-order valence-electron chi connectivity index (χ2n) is 6.20. The number of rotatable bonds is 3. The van der Waals surface area contributed by atoms with E-state index in [0.717, 1.165) is 17.7 Å². The molecule has 7 nitrogen and oxygen atoms in total. The van der Waals surface area contributed by atoms with Crippen LogP contribution in [0, 0.1) is 0 Å². The standard InChI is InChI=1S/C17H19NO6/c1-2-21-17(20)16(19)18-11-7-15-14(24-15)6-10(11)9-3-4-12-13(5-9)23-8-22-12/h3-5,10-11,14-15H,2,6-8H2,1H3,(H,18,19)/t10-,11+,14+,15+/m1/s1. The van der Waals surface area contributed by atoms with Crippen molar-refractivity contribution in [2.24, 2.45) is 0 Å². The Morgan fingerprint density at radius 1 is 1.21 bits per heavy atom. The molecule has 1 saturated carbocycles. The van der Waals surface area contributed by atoms with Crippen molar-refractivity contribution in [2.45, 2.75) is 43.9 Å². The summed E-state index contributed by atoms with van der Waals surface area (Å²) >= 11 is 0. The average molecular weight is 333 g/mol. The number of hydrogen-bond acceptors (Lipinski definition) is 6. The summed E-state index contributed by atoms with van der Waals surface area (Å²) in [6, 6.07) is 5.62. The number of carbonyl (C=O) groups is 2. The van der Waals surface area contributed by atoms with Gasteiger partial charge in [0.1, 0.15) is 0 Å². The molecule has 0 radical (unpaired) electrons. The number of hydrogen-bond donors (Lipinski definition) is 1. The molecule has 0 bridgehead atoms. The van der Waals surface area contributed by atoms with Gasteiger partial charge in [-0.05, 0) is 37.5 Å². The first kappa shape index (κ1) is 15.3. The molecule has 0 aromatic heterocycles. The maximum Gasteiger partial charge on any atom is 0.396 e. The van der Waals surface area contributed by atoms with Crippen LogP contribution >= 0.6 is 0 Å². The second kappa shape index (κ2) is 5.98. The largest absolute Gasteiger partial charge is 0.459 e. The van der Waals surface area contributed by atoms with Crippen molar-refractivity contribution < 1.29 is 28.5 Å². The molecule has 4 atom stereocenters. The molecule has 24 heavy (non-hydrogen) atoms. The van der Waals surface area contributed by atoms with Crippen LogP contribution in [0.1, 0.15) is 31.2 Å². The highest BCUT2D eigenvalue weighted by molar-refractivity contribution is 6.32. The van der Waals surface area contributed by atoms with Crippen molar-refractivity contribution >= 4 is 11.9 Å². The van der Waals surface area contributed by atoms with Gasteiger partial charge in [0.05, 0.1) is 18.8 Å². The fourth-order valence-corrected chi connectivity index (χ4v) is 3.52. The van der Waals surface area contributed by atoms with Crippen LogP contribution in [0.2, 0.25) is 0 Å². The van der Waals surface area contributed by atoms with Crippen molar-refractivity contribution in [3.05, 3.63) is 23.8 Å². The van der Waals surface area contributed by atoms with Crippen LogP contribution in [0.15, 0.2) is 18.2 Å². The molecule has 3 aliphatic rings. The van der Waals surface area contributed by atoms with E-state index in [1.54, 1.807) is 6.92 Å². The van der Waals surface area contributed by atoms with E-state index < -0.39 is 11.9 Å². The number of epoxide rings is 1. The van der Waals surface area contributed by atoms with E-state index in [1.165, 1.54) is 0 Å². The molecule has 1 aliphatic carbocycles. The summed E-state index contributed by atoms with van der Waals surface area (Å²) in [5, 5.41) is 2.81. The molecule has 7 heteroatoms. The summed E-state index contributed by atoms with van der Waals surface area (Å²) in [4.78, 5) is 23.6. The Balaban J connectivity index is 1.53. The molecule has 2 aliphatic heterocycles. The van der Waals surface area contributed by atoms with Crippen LogP contribution in [0.4, 0.5) is 0 Å². The molecular formula is C17H19NO6. The molecule has 1 amide bonds. The van der Waals surface area contributed by atoms with E-state index in [0.29, 0.717) is 12.2 Å².